The van der Waals surface area contributed by atoms with E-state index in [1.165, 1.54) is 18.9 Å². The molecule has 0 spiro atoms. The van der Waals surface area contributed by atoms with Gasteiger partial charge < -0.3 is 19.5 Å². The summed E-state index contributed by atoms with van der Waals surface area (Å²) in [4.78, 5) is 38.9. The van der Waals surface area contributed by atoms with Gasteiger partial charge in [0.1, 0.15) is 17.3 Å². The van der Waals surface area contributed by atoms with Gasteiger partial charge >= 0.3 is 5.97 Å². The molecule has 1 fully saturated rings. The number of amides is 1. The molecule has 1 aliphatic heterocycles. The van der Waals surface area contributed by atoms with Crippen molar-refractivity contribution in [3.63, 3.8) is 0 Å². The van der Waals surface area contributed by atoms with Crippen LogP contribution in [0.25, 0.3) is 5.76 Å². The van der Waals surface area contributed by atoms with Crippen LogP contribution in [0, 0.1) is 13.8 Å². The molecule has 2 aromatic carbocycles. The van der Waals surface area contributed by atoms with Crippen molar-refractivity contribution in [1.82, 2.24) is 4.90 Å². The lowest BCUT2D eigenvalue weighted by molar-refractivity contribution is -0.139. The van der Waals surface area contributed by atoms with Crippen molar-refractivity contribution in [1.29, 1.82) is 0 Å². The Labute approximate surface area is 193 Å². The number of aliphatic hydroxyl groups is 1. The molecule has 1 unspecified atom stereocenters. The minimum absolute atomic E-state index is 0.0136. The van der Waals surface area contributed by atoms with Gasteiger partial charge in [-0.2, -0.15) is 0 Å². The van der Waals surface area contributed by atoms with Crippen LogP contribution >= 0.6 is 0 Å². The number of benzene rings is 2. The lowest BCUT2D eigenvalue weighted by atomic mass is 9.93. The van der Waals surface area contributed by atoms with Gasteiger partial charge in [0, 0.05) is 13.5 Å². The normalized spacial score (nSPS) is 17.4. The number of aliphatic hydroxyl groups excluding tert-OH is 1. The first-order chi connectivity index (χ1) is 15.7. The molecule has 1 atom stereocenters. The number of hydrogen-bond acceptors (Lipinski definition) is 6. The van der Waals surface area contributed by atoms with E-state index in [1.807, 2.05) is 26.8 Å². The van der Waals surface area contributed by atoms with E-state index < -0.39 is 23.7 Å². The summed E-state index contributed by atoms with van der Waals surface area (Å²) in [5, 5.41) is 11.3. The predicted molar refractivity (Wildman–Crippen MR) is 124 cm³/mol. The summed E-state index contributed by atoms with van der Waals surface area (Å²) in [5.74, 6) is -1.31. The van der Waals surface area contributed by atoms with Gasteiger partial charge in [0.05, 0.1) is 24.3 Å². The van der Waals surface area contributed by atoms with E-state index >= 15 is 0 Å². The Morgan fingerprint density at radius 3 is 2.36 bits per heavy atom. The number of ketones is 1. The number of carbonyl (C=O) groups is 3. The van der Waals surface area contributed by atoms with Crippen molar-refractivity contribution >= 4 is 23.4 Å². The third-order valence-electron chi connectivity index (χ3n) is 5.63. The lowest BCUT2D eigenvalue weighted by Crippen LogP contribution is -2.30. The standard InChI is InChI=1S/C26H29NO6/c1-6-7-12-27-22(18-8-10-19(11-9-18)33-17(4)28)21(24(30)26(27)31)23(29)20-14-15(2)13-16(3)25(20)32-5/h8-11,13-14,22,29H,6-7,12H2,1-5H3/b23-21+. The largest absolute Gasteiger partial charge is 0.507 e. The topological polar surface area (TPSA) is 93.1 Å². The molecule has 0 aromatic heterocycles. The van der Waals surface area contributed by atoms with Crippen molar-refractivity contribution in [3.05, 3.63) is 64.2 Å². The van der Waals surface area contributed by atoms with E-state index in [0.717, 1.165) is 17.5 Å². The Hall–Kier alpha value is -3.61. The van der Waals surface area contributed by atoms with Gasteiger partial charge in [0.25, 0.3) is 11.7 Å². The highest BCUT2D eigenvalue weighted by molar-refractivity contribution is 6.46. The van der Waals surface area contributed by atoms with Gasteiger partial charge in [0.15, 0.2) is 0 Å². The molecule has 0 aliphatic carbocycles. The molecule has 7 nitrogen and oxygen atoms in total. The van der Waals surface area contributed by atoms with Gasteiger partial charge in [-0.25, -0.2) is 0 Å². The first-order valence-corrected chi connectivity index (χ1v) is 10.9. The van der Waals surface area contributed by atoms with Crippen molar-refractivity contribution in [2.45, 2.75) is 46.6 Å². The molecule has 0 radical (unpaired) electrons. The number of unbranched alkanes of at least 4 members (excludes halogenated alkanes) is 1. The van der Waals surface area contributed by atoms with Crippen LogP contribution in [-0.2, 0) is 14.4 Å². The average molecular weight is 452 g/mol. The summed E-state index contributed by atoms with van der Waals surface area (Å²) in [7, 11) is 1.50. The zero-order valence-corrected chi connectivity index (χ0v) is 19.6. The molecule has 3 rings (SSSR count). The molecule has 1 amide bonds. The molecule has 33 heavy (non-hydrogen) atoms. The van der Waals surface area contributed by atoms with Crippen molar-refractivity contribution in [2.75, 3.05) is 13.7 Å². The van der Waals surface area contributed by atoms with E-state index in [0.29, 0.717) is 35.6 Å². The summed E-state index contributed by atoms with van der Waals surface area (Å²) in [5.41, 5.74) is 2.70. The van der Waals surface area contributed by atoms with E-state index in [4.69, 9.17) is 9.47 Å². The third kappa shape index (κ3) is 4.77. The second kappa shape index (κ2) is 9.90. The smallest absolute Gasteiger partial charge is 0.308 e. The van der Waals surface area contributed by atoms with Gasteiger partial charge in [-0.3, -0.25) is 14.4 Å². The van der Waals surface area contributed by atoms with Crippen LogP contribution in [0.1, 0.15) is 55.0 Å². The predicted octanol–water partition coefficient (Wildman–Crippen LogP) is 4.46. The maximum absolute atomic E-state index is 13.1. The molecule has 174 valence electrons. The van der Waals surface area contributed by atoms with Gasteiger partial charge in [0.2, 0.25) is 0 Å². The first kappa shape index (κ1) is 24.0. The van der Waals surface area contributed by atoms with Crippen LogP contribution < -0.4 is 9.47 Å². The van der Waals surface area contributed by atoms with Gasteiger partial charge in [-0.05, 0) is 55.2 Å². The van der Waals surface area contributed by atoms with E-state index in [9.17, 15) is 19.5 Å². The van der Waals surface area contributed by atoms with Crippen LogP contribution in [0.15, 0.2) is 42.0 Å². The van der Waals surface area contributed by atoms with E-state index in [1.54, 1.807) is 30.3 Å². The maximum atomic E-state index is 13.1. The number of aryl methyl sites for hydroxylation is 2. The van der Waals surface area contributed by atoms with Crippen LogP contribution in [0.2, 0.25) is 0 Å². The molecule has 0 saturated carbocycles. The number of rotatable bonds is 7. The Morgan fingerprint density at radius 1 is 1.12 bits per heavy atom. The van der Waals surface area contributed by atoms with Crippen LogP contribution in [0.4, 0.5) is 0 Å². The zero-order valence-electron chi connectivity index (χ0n) is 19.6. The molecule has 1 N–H and O–H groups in total. The summed E-state index contributed by atoms with van der Waals surface area (Å²) in [6.07, 6.45) is 1.55. The number of methoxy groups -OCH3 is 1. The van der Waals surface area contributed by atoms with Gasteiger partial charge in [-0.1, -0.05) is 31.5 Å². The number of nitrogens with zero attached hydrogens (tertiary/aromatic N) is 1. The third-order valence-corrected chi connectivity index (χ3v) is 5.63. The summed E-state index contributed by atoms with van der Waals surface area (Å²) in [6.45, 7) is 7.42. The number of esters is 1. The summed E-state index contributed by atoms with van der Waals surface area (Å²) >= 11 is 0. The van der Waals surface area contributed by atoms with Crippen molar-refractivity contribution < 1.29 is 29.0 Å². The van der Waals surface area contributed by atoms with Crippen molar-refractivity contribution in [2.24, 2.45) is 0 Å². The fraction of sp³-hybridized carbons (Fsp3) is 0.346. The monoisotopic (exact) mass is 451 g/mol. The second-order valence-corrected chi connectivity index (χ2v) is 8.17. The molecule has 1 heterocycles. The first-order valence-electron chi connectivity index (χ1n) is 10.9. The fourth-order valence-corrected chi connectivity index (χ4v) is 4.22. The molecule has 1 saturated heterocycles. The highest BCUT2D eigenvalue weighted by Gasteiger charge is 2.46. The zero-order chi connectivity index (χ0) is 24.3. The lowest BCUT2D eigenvalue weighted by Gasteiger charge is -2.25. The second-order valence-electron chi connectivity index (χ2n) is 8.17. The average Bonchev–Trinajstić information content (AvgIpc) is 3.01. The summed E-state index contributed by atoms with van der Waals surface area (Å²) < 4.78 is 10.6. The Morgan fingerprint density at radius 2 is 1.79 bits per heavy atom. The number of ether oxygens (including phenoxy) is 2. The Balaban J connectivity index is 2.20. The number of Topliss-reactive ketones (excluding diaryl/α,β-unsaturated/α-hetero) is 1. The molecular weight excluding hydrogens is 422 g/mol. The van der Waals surface area contributed by atoms with Crippen molar-refractivity contribution in [3.8, 4) is 11.5 Å². The molecular formula is C26H29NO6. The minimum atomic E-state index is -0.770. The molecule has 2 aromatic rings. The highest BCUT2D eigenvalue weighted by atomic mass is 16.5. The minimum Gasteiger partial charge on any atom is -0.507 e. The fourth-order valence-electron chi connectivity index (χ4n) is 4.22. The number of carbonyl (C=O) groups excluding carboxylic acids is 3. The summed E-state index contributed by atoms with van der Waals surface area (Å²) in [6, 6.07) is 9.48. The highest BCUT2D eigenvalue weighted by Crippen LogP contribution is 2.42. The van der Waals surface area contributed by atoms with E-state index in [-0.39, 0.29) is 11.3 Å². The molecule has 1 aliphatic rings. The molecule has 0 bridgehead atoms. The van der Waals surface area contributed by atoms with Crippen LogP contribution in [-0.4, -0.2) is 41.3 Å². The Kier molecular flexibility index (Phi) is 7.21. The van der Waals surface area contributed by atoms with Crippen LogP contribution in [0.3, 0.4) is 0 Å². The quantitative estimate of drug-likeness (QED) is 0.220. The maximum Gasteiger partial charge on any atom is 0.308 e. The van der Waals surface area contributed by atoms with E-state index in [2.05, 4.69) is 0 Å². The van der Waals surface area contributed by atoms with Crippen LogP contribution in [0.5, 0.6) is 11.5 Å². The number of likely N-dealkylation sites (tertiary alicyclic amines) is 1. The molecule has 7 heteroatoms. The Bertz CT molecular complexity index is 1120. The SMILES string of the molecule is CCCCN1C(=O)C(=O)/C(=C(/O)c2cc(C)cc(C)c2OC)C1c1ccc(OC(C)=O)cc1. The number of hydrogen-bond donors (Lipinski definition) is 1. The van der Waals surface area contributed by atoms with Gasteiger partial charge in [-0.15, -0.1) is 0 Å².